The van der Waals surface area contributed by atoms with Crippen LogP contribution in [0.4, 0.5) is 0 Å². The van der Waals surface area contributed by atoms with E-state index in [-0.39, 0.29) is 5.91 Å². The molecule has 0 bridgehead atoms. The van der Waals surface area contributed by atoms with Gasteiger partial charge in [0, 0.05) is 11.6 Å². The van der Waals surface area contributed by atoms with Gasteiger partial charge in [0.05, 0.1) is 0 Å². The second kappa shape index (κ2) is 7.91. The fraction of sp³-hybridized carbons (Fsp3) is 0.562. The van der Waals surface area contributed by atoms with E-state index in [1.165, 1.54) is 5.56 Å². The van der Waals surface area contributed by atoms with Crippen molar-refractivity contribution in [3.05, 3.63) is 35.4 Å². The Morgan fingerprint density at radius 2 is 1.61 bits per heavy atom. The monoisotopic (exact) mass is 247 g/mol. The lowest BCUT2D eigenvalue weighted by Crippen LogP contribution is -2.34. The van der Waals surface area contributed by atoms with Crippen molar-refractivity contribution >= 4 is 5.91 Å². The van der Waals surface area contributed by atoms with Crippen LogP contribution in [0.25, 0.3) is 0 Å². The van der Waals surface area contributed by atoms with Crippen LogP contribution in [-0.4, -0.2) is 11.9 Å². The van der Waals surface area contributed by atoms with Crippen LogP contribution < -0.4 is 5.32 Å². The molecule has 0 radical (unpaired) electrons. The van der Waals surface area contributed by atoms with Gasteiger partial charge >= 0.3 is 0 Å². The number of rotatable bonds is 7. The number of hydrogen-bond donors (Lipinski definition) is 1. The Morgan fingerprint density at radius 3 is 2.06 bits per heavy atom. The topological polar surface area (TPSA) is 29.1 Å². The first-order chi connectivity index (χ1) is 8.71. The number of hydrogen-bond acceptors (Lipinski definition) is 1. The van der Waals surface area contributed by atoms with Crippen LogP contribution in [0, 0.1) is 0 Å². The predicted molar refractivity (Wildman–Crippen MR) is 76.9 cm³/mol. The Morgan fingerprint density at radius 1 is 1.06 bits per heavy atom. The Labute approximate surface area is 111 Å². The minimum Gasteiger partial charge on any atom is -0.349 e. The number of carbonyl (C=O) groups is 1. The summed E-state index contributed by atoms with van der Waals surface area (Å²) in [7, 11) is 0. The predicted octanol–water partition coefficient (Wildman–Crippen LogP) is 3.95. The van der Waals surface area contributed by atoms with Gasteiger partial charge in [0.25, 0.3) is 5.91 Å². The van der Waals surface area contributed by atoms with E-state index in [0.717, 1.165) is 37.7 Å². The van der Waals surface area contributed by atoms with Crippen molar-refractivity contribution < 1.29 is 4.79 Å². The van der Waals surface area contributed by atoms with E-state index in [4.69, 9.17) is 0 Å². The molecule has 1 N–H and O–H groups in total. The molecule has 2 heteroatoms. The molecule has 100 valence electrons. The van der Waals surface area contributed by atoms with Gasteiger partial charge in [-0.15, -0.1) is 0 Å². The summed E-state index contributed by atoms with van der Waals surface area (Å²) < 4.78 is 0. The summed E-state index contributed by atoms with van der Waals surface area (Å²) in [5.74, 6) is 0.0598. The molecule has 1 aromatic carbocycles. The van der Waals surface area contributed by atoms with Crippen molar-refractivity contribution in [3.63, 3.8) is 0 Å². The van der Waals surface area contributed by atoms with Crippen molar-refractivity contribution in [3.8, 4) is 0 Å². The molecule has 0 aliphatic heterocycles. The number of nitrogens with one attached hydrogen (secondary N) is 1. The standard InChI is InChI=1S/C16H25NO/c1-4-7-15(8-5-2)17-16(18)14-11-9-13(6-3)10-12-14/h9-12,15H,4-8H2,1-3H3,(H,17,18). The molecule has 0 saturated heterocycles. The number of aryl methyl sites for hydroxylation is 1. The van der Waals surface area contributed by atoms with Crippen LogP contribution >= 0.6 is 0 Å². The molecule has 2 nitrogen and oxygen atoms in total. The molecule has 0 spiro atoms. The third kappa shape index (κ3) is 4.52. The van der Waals surface area contributed by atoms with Gasteiger partial charge in [-0.2, -0.15) is 0 Å². The summed E-state index contributed by atoms with van der Waals surface area (Å²) >= 11 is 0. The summed E-state index contributed by atoms with van der Waals surface area (Å²) in [6.45, 7) is 6.43. The van der Waals surface area contributed by atoms with E-state index in [0.29, 0.717) is 6.04 Å². The maximum atomic E-state index is 12.1. The van der Waals surface area contributed by atoms with Crippen molar-refractivity contribution in [2.45, 2.75) is 58.9 Å². The lowest BCUT2D eigenvalue weighted by molar-refractivity contribution is 0.0932. The Bertz CT molecular complexity index is 350. The molecule has 0 atom stereocenters. The van der Waals surface area contributed by atoms with E-state index >= 15 is 0 Å². The highest BCUT2D eigenvalue weighted by atomic mass is 16.1. The normalized spacial score (nSPS) is 10.7. The maximum Gasteiger partial charge on any atom is 0.251 e. The van der Waals surface area contributed by atoms with Gasteiger partial charge in [-0.05, 0) is 37.0 Å². The summed E-state index contributed by atoms with van der Waals surface area (Å²) in [6, 6.07) is 8.22. The van der Waals surface area contributed by atoms with Crippen molar-refractivity contribution in [2.24, 2.45) is 0 Å². The van der Waals surface area contributed by atoms with Gasteiger partial charge in [-0.3, -0.25) is 4.79 Å². The van der Waals surface area contributed by atoms with Gasteiger partial charge in [-0.1, -0.05) is 45.7 Å². The zero-order valence-electron chi connectivity index (χ0n) is 11.8. The van der Waals surface area contributed by atoms with Crippen LogP contribution in [-0.2, 0) is 6.42 Å². The third-order valence-electron chi connectivity index (χ3n) is 3.23. The highest BCUT2D eigenvalue weighted by molar-refractivity contribution is 5.94. The Balaban J connectivity index is 2.61. The van der Waals surface area contributed by atoms with E-state index in [9.17, 15) is 4.79 Å². The lowest BCUT2D eigenvalue weighted by atomic mass is 10.1. The molecule has 0 aliphatic carbocycles. The summed E-state index contributed by atoms with van der Waals surface area (Å²) in [5, 5.41) is 3.13. The second-order valence-electron chi connectivity index (χ2n) is 4.80. The molecular formula is C16H25NO. The molecule has 1 amide bonds. The van der Waals surface area contributed by atoms with Crippen LogP contribution in [0.2, 0.25) is 0 Å². The average Bonchev–Trinajstić information content (AvgIpc) is 2.39. The second-order valence-corrected chi connectivity index (χ2v) is 4.80. The smallest absolute Gasteiger partial charge is 0.251 e. The maximum absolute atomic E-state index is 12.1. The molecule has 0 aliphatic rings. The molecular weight excluding hydrogens is 222 g/mol. The van der Waals surface area contributed by atoms with Crippen molar-refractivity contribution in [2.75, 3.05) is 0 Å². The number of amides is 1. The summed E-state index contributed by atoms with van der Waals surface area (Å²) in [4.78, 5) is 12.1. The number of carbonyl (C=O) groups excluding carboxylic acids is 1. The van der Waals surface area contributed by atoms with E-state index in [1.807, 2.05) is 24.3 Å². The molecule has 1 aromatic rings. The van der Waals surface area contributed by atoms with E-state index in [1.54, 1.807) is 0 Å². The fourth-order valence-corrected chi connectivity index (χ4v) is 2.15. The molecule has 0 saturated carbocycles. The number of benzene rings is 1. The molecule has 18 heavy (non-hydrogen) atoms. The zero-order chi connectivity index (χ0) is 13.4. The third-order valence-corrected chi connectivity index (χ3v) is 3.23. The van der Waals surface area contributed by atoms with Crippen LogP contribution in [0.5, 0.6) is 0 Å². The van der Waals surface area contributed by atoms with Gasteiger partial charge in [-0.25, -0.2) is 0 Å². The molecule has 0 aromatic heterocycles. The van der Waals surface area contributed by atoms with Crippen LogP contribution in [0.1, 0.15) is 62.4 Å². The highest BCUT2D eigenvalue weighted by Gasteiger charge is 2.11. The van der Waals surface area contributed by atoms with Gasteiger partial charge in [0.15, 0.2) is 0 Å². The van der Waals surface area contributed by atoms with Crippen LogP contribution in [0.3, 0.4) is 0 Å². The first-order valence-electron chi connectivity index (χ1n) is 7.11. The minimum atomic E-state index is 0.0598. The largest absolute Gasteiger partial charge is 0.349 e. The summed E-state index contributed by atoms with van der Waals surface area (Å²) in [5.41, 5.74) is 2.04. The first-order valence-corrected chi connectivity index (χ1v) is 7.11. The van der Waals surface area contributed by atoms with Gasteiger partial charge in [0.2, 0.25) is 0 Å². The van der Waals surface area contributed by atoms with E-state index in [2.05, 4.69) is 26.1 Å². The van der Waals surface area contributed by atoms with Crippen molar-refractivity contribution in [1.82, 2.24) is 5.32 Å². The molecule has 0 fully saturated rings. The van der Waals surface area contributed by atoms with Gasteiger partial charge in [0.1, 0.15) is 0 Å². The zero-order valence-corrected chi connectivity index (χ0v) is 11.8. The minimum absolute atomic E-state index is 0.0598. The fourth-order valence-electron chi connectivity index (χ4n) is 2.15. The highest BCUT2D eigenvalue weighted by Crippen LogP contribution is 2.08. The van der Waals surface area contributed by atoms with Gasteiger partial charge < -0.3 is 5.32 Å². The summed E-state index contributed by atoms with van der Waals surface area (Å²) in [6.07, 6.45) is 5.36. The SMILES string of the molecule is CCCC(CCC)NC(=O)c1ccc(CC)cc1. The Hall–Kier alpha value is -1.31. The van der Waals surface area contributed by atoms with E-state index < -0.39 is 0 Å². The average molecular weight is 247 g/mol. The van der Waals surface area contributed by atoms with Crippen molar-refractivity contribution in [1.29, 1.82) is 0 Å². The Kier molecular flexibility index (Phi) is 6.48. The molecule has 0 heterocycles. The van der Waals surface area contributed by atoms with Crippen LogP contribution in [0.15, 0.2) is 24.3 Å². The lowest BCUT2D eigenvalue weighted by Gasteiger charge is -2.17. The quantitative estimate of drug-likeness (QED) is 0.776. The molecule has 0 unspecified atom stereocenters. The molecule has 1 rings (SSSR count). The first kappa shape index (κ1) is 14.7.